The highest BCUT2D eigenvalue weighted by molar-refractivity contribution is 7.94. The molecular weight excluding hydrogens is 230 g/mol. The molecule has 15 heavy (non-hydrogen) atoms. The molecule has 2 N–H and O–H groups in total. The summed E-state index contributed by atoms with van der Waals surface area (Å²) in [5.74, 6) is 0. The van der Waals surface area contributed by atoms with Crippen molar-refractivity contribution in [2.45, 2.75) is 41.2 Å². The van der Waals surface area contributed by atoms with Crippen molar-refractivity contribution in [3.63, 3.8) is 0 Å². The summed E-state index contributed by atoms with van der Waals surface area (Å²) in [7, 11) is -3.08. The van der Waals surface area contributed by atoms with Crippen LogP contribution in [0.15, 0.2) is 21.7 Å². The predicted octanol–water partition coefficient (Wildman–Crippen LogP) is 1.79. The lowest BCUT2D eigenvalue weighted by atomic mass is 9.96. The van der Waals surface area contributed by atoms with Crippen molar-refractivity contribution < 1.29 is 8.42 Å². The van der Waals surface area contributed by atoms with Crippen molar-refractivity contribution in [3.05, 3.63) is 17.5 Å². The zero-order valence-corrected chi connectivity index (χ0v) is 10.1. The molecule has 1 fully saturated rings. The van der Waals surface area contributed by atoms with Crippen LogP contribution in [0.5, 0.6) is 0 Å². The molecule has 0 aliphatic heterocycles. The molecule has 2 rings (SSSR count). The minimum absolute atomic E-state index is 0.194. The molecule has 0 bridgehead atoms. The Bertz CT molecular complexity index is 403. The van der Waals surface area contributed by atoms with Crippen molar-refractivity contribution in [1.82, 2.24) is 0 Å². The maximum Gasteiger partial charge on any atom is 0.190 e. The zero-order valence-electron chi connectivity index (χ0n) is 8.43. The number of hydrogen-bond acceptors (Lipinski definition) is 4. The average molecular weight is 245 g/mol. The molecule has 3 nitrogen and oxygen atoms in total. The van der Waals surface area contributed by atoms with Gasteiger partial charge in [-0.3, -0.25) is 0 Å². The maximum absolute atomic E-state index is 12.1. The second-order valence-electron chi connectivity index (χ2n) is 4.01. The Kier molecular flexibility index (Phi) is 3.13. The van der Waals surface area contributed by atoms with Gasteiger partial charge in [0.1, 0.15) is 4.21 Å². The van der Waals surface area contributed by atoms with Gasteiger partial charge in [-0.05, 0) is 37.1 Å². The van der Waals surface area contributed by atoms with E-state index < -0.39 is 9.84 Å². The Labute approximate surface area is 94.2 Å². The summed E-state index contributed by atoms with van der Waals surface area (Å²) in [6.45, 7) is 0. The van der Waals surface area contributed by atoms with Crippen LogP contribution in [-0.4, -0.2) is 19.7 Å². The Hall–Kier alpha value is -0.390. The normalized spacial score (nSPS) is 27.8. The Morgan fingerprint density at radius 2 is 1.93 bits per heavy atom. The highest BCUT2D eigenvalue weighted by atomic mass is 32.2. The molecular formula is C10H15NO2S2. The molecule has 0 atom stereocenters. The van der Waals surface area contributed by atoms with E-state index in [1.165, 1.54) is 11.3 Å². The number of sulfone groups is 1. The van der Waals surface area contributed by atoms with E-state index in [0.717, 1.165) is 12.8 Å². The first-order valence-electron chi connectivity index (χ1n) is 5.13. The predicted molar refractivity (Wildman–Crippen MR) is 61.7 cm³/mol. The molecule has 0 amide bonds. The number of rotatable bonds is 2. The molecule has 1 heterocycles. The van der Waals surface area contributed by atoms with Gasteiger partial charge in [0, 0.05) is 6.04 Å². The summed E-state index contributed by atoms with van der Waals surface area (Å²) in [5, 5.41) is 1.59. The second-order valence-corrected chi connectivity index (χ2v) is 7.42. The third-order valence-corrected chi connectivity index (χ3v) is 6.63. The van der Waals surface area contributed by atoms with Gasteiger partial charge in [-0.25, -0.2) is 8.42 Å². The fourth-order valence-electron chi connectivity index (χ4n) is 1.99. The summed E-state index contributed by atoms with van der Waals surface area (Å²) in [5.41, 5.74) is 5.77. The minimum atomic E-state index is -3.08. The van der Waals surface area contributed by atoms with Gasteiger partial charge >= 0.3 is 0 Å². The van der Waals surface area contributed by atoms with Gasteiger partial charge in [-0.2, -0.15) is 0 Å². The van der Waals surface area contributed by atoms with E-state index in [-0.39, 0.29) is 11.3 Å². The highest BCUT2D eigenvalue weighted by Crippen LogP contribution is 2.30. The molecule has 1 aliphatic carbocycles. The molecule has 1 aliphatic rings. The van der Waals surface area contributed by atoms with Gasteiger partial charge in [0.25, 0.3) is 0 Å². The van der Waals surface area contributed by atoms with Crippen LogP contribution in [0.1, 0.15) is 25.7 Å². The lowest BCUT2D eigenvalue weighted by molar-refractivity contribution is 0.434. The Morgan fingerprint density at radius 1 is 1.27 bits per heavy atom. The van der Waals surface area contributed by atoms with E-state index in [1.54, 1.807) is 17.5 Å². The first-order valence-corrected chi connectivity index (χ1v) is 7.56. The number of nitrogens with two attached hydrogens (primary N) is 1. The molecule has 84 valence electrons. The summed E-state index contributed by atoms with van der Waals surface area (Å²) < 4.78 is 24.8. The largest absolute Gasteiger partial charge is 0.328 e. The van der Waals surface area contributed by atoms with Crippen LogP contribution in [0.3, 0.4) is 0 Å². The van der Waals surface area contributed by atoms with Gasteiger partial charge in [-0.15, -0.1) is 11.3 Å². The molecule has 0 spiro atoms. The van der Waals surface area contributed by atoms with E-state index in [9.17, 15) is 8.42 Å². The second kappa shape index (κ2) is 4.23. The fourth-order valence-corrected chi connectivity index (χ4v) is 5.04. The zero-order chi connectivity index (χ0) is 10.9. The quantitative estimate of drug-likeness (QED) is 0.864. The summed E-state index contributed by atoms with van der Waals surface area (Å²) in [4.78, 5) is 0. The van der Waals surface area contributed by atoms with Gasteiger partial charge < -0.3 is 5.73 Å². The Balaban J connectivity index is 2.17. The van der Waals surface area contributed by atoms with Gasteiger partial charge in [0.15, 0.2) is 9.84 Å². The highest BCUT2D eigenvalue weighted by Gasteiger charge is 2.31. The topological polar surface area (TPSA) is 60.2 Å². The van der Waals surface area contributed by atoms with E-state index in [2.05, 4.69) is 0 Å². The first-order chi connectivity index (χ1) is 7.10. The van der Waals surface area contributed by atoms with Crippen molar-refractivity contribution in [1.29, 1.82) is 0 Å². The molecule has 1 aromatic rings. The van der Waals surface area contributed by atoms with Crippen LogP contribution >= 0.6 is 11.3 Å². The smallest absolute Gasteiger partial charge is 0.190 e. The summed E-state index contributed by atoms with van der Waals surface area (Å²) >= 11 is 1.31. The molecule has 0 radical (unpaired) electrons. The van der Waals surface area contributed by atoms with Crippen LogP contribution < -0.4 is 5.73 Å². The van der Waals surface area contributed by atoms with E-state index in [0.29, 0.717) is 17.1 Å². The van der Waals surface area contributed by atoms with Crippen LogP contribution in [0.25, 0.3) is 0 Å². The number of thiophene rings is 1. The van der Waals surface area contributed by atoms with Crippen LogP contribution in [0.2, 0.25) is 0 Å². The van der Waals surface area contributed by atoms with Crippen molar-refractivity contribution in [2.24, 2.45) is 5.73 Å². The molecule has 0 aromatic carbocycles. The molecule has 1 aromatic heterocycles. The first kappa shape index (κ1) is 11.1. The van der Waals surface area contributed by atoms with Gasteiger partial charge in [-0.1, -0.05) is 6.07 Å². The van der Waals surface area contributed by atoms with Crippen LogP contribution in [0, 0.1) is 0 Å². The minimum Gasteiger partial charge on any atom is -0.328 e. The number of hydrogen-bond donors (Lipinski definition) is 1. The molecule has 0 saturated heterocycles. The summed E-state index contributed by atoms with van der Waals surface area (Å²) in [6.07, 6.45) is 3.08. The van der Waals surface area contributed by atoms with Gasteiger partial charge in [0.05, 0.1) is 5.25 Å². The van der Waals surface area contributed by atoms with Crippen LogP contribution in [0.4, 0.5) is 0 Å². The average Bonchev–Trinajstić information content (AvgIpc) is 2.71. The van der Waals surface area contributed by atoms with Crippen LogP contribution in [-0.2, 0) is 9.84 Å². The van der Waals surface area contributed by atoms with Crippen molar-refractivity contribution >= 4 is 21.2 Å². The van der Waals surface area contributed by atoms with Crippen molar-refractivity contribution in [2.75, 3.05) is 0 Å². The monoisotopic (exact) mass is 245 g/mol. The molecule has 0 unspecified atom stereocenters. The lowest BCUT2D eigenvalue weighted by Gasteiger charge is -2.25. The third kappa shape index (κ3) is 2.24. The maximum atomic E-state index is 12.1. The summed E-state index contributed by atoms with van der Waals surface area (Å²) in [6, 6.07) is 3.67. The van der Waals surface area contributed by atoms with E-state index in [1.807, 2.05) is 0 Å². The molecule has 1 saturated carbocycles. The SMILES string of the molecule is NC1CCC(S(=O)(=O)c2cccs2)CC1. The lowest BCUT2D eigenvalue weighted by Crippen LogP contribution is -2.33. The fraction of sp³-hybridized carbons (Fsp3) is 0.600. The standard InChI is InChI=1S/C10H15NO2S2/c11-8-3-5-9(6-4-8)15(12,13)10-2-1-7-14-10/h1-2,7-9H,3-6,11H2. The van der Waals surface area contributed by atoms with Crippen molar-refractivity contribution in [3.8, 4) is 0 Å². The van der Waals surface area contributed by atoms with E-state index in [4.69, 9.17) is 5.73 Å². The van der Waals surface area contributed by atoms with Gasteiger partial charge in [0.2, 0.25) is 0 Å². The Morgan fingerprint density at radius 3 is 2.47 bits per heavy atom. The van der Waals surface area contributed by atoms with E-state index >= 15 is 0 Å². The molecule has 5 heteroatoms. The third-order valence-electron chi connectivity index (χ3n) is 2.93.